The number of carbonyl (C=O) groups is 1. The summed E-state index contributed by atoms with van der Waals surface area (Å²) in [5.41, 5.74) is 3.01. The number of anilines is 2. The molecule has 1 heterocycles. The predicted molar refractivity (Wildman–Crippen MR) is 112 cm³/mol. The topological polar surface area (TPSA) is 99.3 Å². The lowest BCUT2D eigenvalue weighted by Crippen LogP contribution is -2.26. The normalized spacial score (nSPS) is 11.4. The van der Waals surface area contributed by atoms with Crippen LogP contribution < -0.4 is 15.2 Å². The van der Waals surface area contributed by atoms with Crippen molar-refractivity contribution in [2.24, 2.45) is 0 Å². The van der Waals surface area contributed by atoms with E-state index in [0.29, 0.717) is 23.4 Å². The van der Waals surface area contributed by atoms with E-state index in [-0.39, 0.29) is 11.5 Å². The van der Waals surface area contributed by atoms with E-state index in [1.165, 1.54) is 4.90 Å². The Kier molecular flexibility index (Phi) is 5.24. The summed E-state index contributed by atoms with van der Waals surface area (Å²) in [6.07, 6.45) is 1.77. The number of aromatic amines is 1. The van der Waals surface area contributed by atoms with Crippen molar-refractivity contribution in [1.29, 1.82) is 0 Å². The summed E-state index contributed by atoms with van der Waals surface area (Å²) >= 11 is 0. The lowest BCUT2D eigenvalue weighted by atomic mass is 10.1. The Morgan fingerprint density at radius 3 is 2.39 bits per heavy atom. The van der Waals surface area contributed by atoms with Gasteiger partial charge in [0.1, 0.15) is 0 Å². The first-order valence-electron chi connectivity index (χ1n) is 8.70. The van der Waals surface area contributed by atoms with E-state index >= 15 is 0 Å². The Morgan fingerprint density at radius 1 is 1.11 bits per heavy atom. The molecule has 2 aromatic carbocycles. The number of carbonyl (C=O) groups excluding carboxylic acids is 1. The van der Waals surface area contributed by atoms with Crippen molar-refractivity contribution in [3.63, 3.8) is 0 Å². The number of H-pyrrole nitrogens is 1. The predicted octanol–water partition coefficient (Wildman–Crippen LogP) is 2.74. The number of pyridine rings is 1. The van der Waals surface area contributed by atoms with Gasteiger partial charge in [-0.3, -0.25) is 14.3 Å². The smallest absolute Gasteiger partial charge is 0.258 e. The number of sulfonamides is 1. The summed E-state index contributed by atoms with van der Waals surface area (Å²) in [7, 11) is -1.70. The Labute approximate surface area is 163 Å². The first kappa shape index (κ1) is 19.6. The van der Waals surface area contributed by atoms with Gasteiger partial charge in [-0.2, -0.15) is 0 Å². The zero-order chi connectivity index (χ0) is 20.5. The van der Waals surface area contributed by atoms with Crippen molar-refractivity contribution in [2.75, 3.05) is 22.9 Å². The summed E-state index contributed by atoms with van der Waals surface area (Å²) < 4.78 is 24.9. The lowest BCUT2D eigenvalue weighted by Gasteiger charge is -2.19. The maximum absolute atomic E-state index is 12.8. The molecule has 1 amide bonds. The maximum Gasteiger partial charge on any atom is 0.258 e. The average molecular weight is 399 g/mol. The molecule has 8 heteroatoms. The first-order valence-corrected chi connectivity index (χ1v) is 10.6. The fourth-order valence-electron chi connectivity index (χ4n) is 3.02. The largest absolute Gasteiger partial charge is 0.322 e. The van der Waals surface area contributed by atoms with Crippen molar-refractivity contribution in [3.8, 4) is 0 Å². The van der Waals surface area contributed by atoms with Crippen molar-refractivity contribution in [2.45, 2.75) is 13.3 Å². The Morgan fingerprint density at radius 2 is 1.79 bits per heavy atom. The highest BCUT2D eigenvalue weighted by atomic mass is 32.2. The standard InChI is InChI=1S/C20H21N3O4S/c1-4-13-11-19(24)21-18-10-9-16(12-17(13)18)23(2)20(25)14-5-7-15(8-6-14)22-28(3,26)27/h5-12,22H,4H2,1-3H3,(H,21,24). The first-order chi connectivity index (χ1) is 13.2. The van der Waals surface area contributed by atoms with E-state index in [9.17, 15) is 18.0 Å². The van der Waals surface area contributed by atoms with Crippen LogP contribution >= 0.6 is 0 Å². The zero-order valence-corrected chi connectivity index (χ0v) is 16.6. The summed E-state index contributed by atoms with van der Waals surface area (Å²) in [5.74, 6) is -0.229. The van der Waals surface area contributed by atoms with Crippen LogP contribution in [0, 0.1) is 0 Å². The van der Waals surface area contributed by atoms with Crippen LogP contribution in [0.1, 0.15) is 22.8 Å². The van der Waals surface area contributed by atoms with Crippen LogP contribution in [0.3, 0.4) is 0 Å². The SMILES string of the molecule is CCc1cc(=O)[nH]c2ccc(N(C)C(=O)c3ccc(NS(C)(=O)=O)cc3)cc12. The molecule has 3 aromatic rings. The average Bonchev–Trinajstić information content (AvgIpc) is 2.65. The number of hydrogen-bond donors (Lipinski definition) is 2. The number of hydrogen-bond acceptors (Lipinski definition) is 4. The van der Waals surface area contributed by atoms with Gasteiger partial charge in [0.2, 0.25) is 15.6 Å². The number of fused-ring (bicyclic) bond motifs is 1. The quantitative estimate of drug-likeness (QED) is 0.689. The number of nitrogens with zero attached hydrogens (tertiary/aromatic N) is 1. The molecule has 146 valence electrons. The van der Waals surface area contributed by atoms with Gasteiger partial charge < -0.3 is 9.88 Å². The van der Waals surface area contributed by atoms with Crippen molar-refractivity contribution in [3.05, 3.63) is 70.0 Å². The number of amides is 1. The van der Waals surface area contributed by atoms with E-state index in [1.807, 2.05) is 13.0 Å². The molecule has 0 bridgehead atoms. The van der Waals surface area contributed by atoms with E-state index in [4.69, 9.17) is 0 Å². The summed E-state index contributed by atoms with van der Waals surface area (Å²) in [6, 6.07) is 13.2. The number of benzene rings is 2. The van der Waals surface area contributed by atoms with Gasteiger partial charge in [0.05, 0.1) is 6.26 Å². The molecule has 2 N–H and O–H groups in total. The second kappa shape index (κ2) is 7.47. The van der Waals surface area contributed by atoms with Gasteiger partial charge in [-0.05, 0) is 54.4 Å². The van der Waals surface area contributed by atoms with E-state index in [1.54, 1.807) is 49.5 Å². The summed E-state index contributed by atoms with van der Waals surface area (Å²) in [6.45, 7) is 1.97. The number of nitrogens with one attached hydrogen (secondary N) is 2. The molecule has 0 aliphatic heterocycles. The minimum Gasteiger partial charge on any atom is -0.322 e. The molecule has 3 rings (SSSR count). The third kappa shape index (κ3) is 4.23. The Hall–Kier alpha value is -3.13. The van der Waals surface area contributed by atoms with Crippen LogP contribution in [-0.4, -0.2) is 32.6 Å². The monoisotopic (exact) mass is 399 g/mol. The fraction of sp³-hybridized carbons (Fsp3) is 0.200. The lowest BCUT2D eigenvalue weighted by molar-refractivity contribution is 0.0993. The molecular formula is C20H21N3O4S. The molecule has 0 saturated heterocycles. The van der Waals surface area contributed by atoms with Gasteiger partial charge in [-0.1, -0.05) is 6.92 Å². The molecule has 28 heavy (non-hydrogen) atoms. The highest BCUT2D eigenvalue weighted by Gasteiger charge is 2.15. The van der Waals surface area contributed by atoms with Crippen LogP contribution in [0.25, 0.3) is 10.9 Å². The molecule has 0 fully saturated rings. The van der Waals surface area contributed by atoms with E-state index in [0.717, 1.165) is 22.7 Å². The van der Waals surface area contributed by atoms with Crippen LogP contribution in [-0.2, 0) is 16.4 Å². The second-order valence-electron chi connectivity index (χ2n) is 6.56. The Balaban J connectivity index is 1.91. The molecule has 0 aliphatic rings. The van der Waals surface area contributed by atoms with Gasteiger partial charge in [-0.15, -0.1) is 0 Å². The van der Waals surface area contributed by atoms with Crippen LogP contribution in [0.2, 0.25) is 0 Å². The van der Waals surface area contributed by atoms with Gasteiger partial charge in [0.25, 0.3) is 5.91 Å². The summed E-state index contributed by atoms with van der Waals surface area (Å²) in [5, 5.41) is 0.895. The van der Waals surface area contributed by atoms with Gasteiger partial charge >= 0.3 is 0 Å². The third-order valence-corrected chi connectivity index (χ3v) is 5.03. The maximum atomic E-state index is 12.8. The molecule has 1 aromatic heterocycles. The zero-order valence-electron chi connectivity index (χ0n) is 15.8. The Bertz CT molecular complexity index is 1200. The van der Waals surface area contributed by atoms with E-state index in [2.05, 4.69) is 9.71 Å². The molecule has 0 unspecified atom stereocenters. The van der Waals surface area contributed by atoms with Crippen LogP contribution in [0.4, 0.5) is 11.4 Å². The van der Waals surface area contributed by atoms with Crippen molar-refractivity contribution >= 4 is 38.2 Å². The van der Waals surface area contributed by atoms with Crippen molar-refractivity contribution < 1.29 is 13.2 Å². The number of aryl methyl sites for hydroxylation is 1. The number of aromatic nitrogens is 1. The molecule has 0 aliphatic carbocycles. The van der Waals surface area contributed by atoms with Crippen LogP contribution in [0.15, 0.2) is 53.3 Å². The van der Waals surface area contributed by atoms with Gasteiger partial charge in [0.15, 0.2) is 0 Å². The van der Waals surface area contributed by atoms with Gasteiger partial charge in [0, 0.05) is 41.0 Å². The third-order valence-electron chi connectivity index (χ3n) is 4.42. The molecule has 0 spiro atoms. The van der Waals surface area contributed by atoms with Crippen LogP contribution in [0.5, 0.6) is 0 Å². The molecular weight excluding hydrogens is 378 g/mol. The van der Waals surface area contributed by atoms with E-state index < -0.39 is 10.0 Å². The minimum atomic E-state index is -3.37. The molecule has 0 atom stereocenters. The molecule has 0 saturated carbocycles. The fourth-order valence-corrected chi connectivity index (χ4v) is 3.58. The molecule has 0 radical (unpaired) electrons. The minimum absolute atomic E-state index is 0.149. The van der Waals surface area contributed by atoms with Gasteiger partial charge in [-0.25, -0.2) is 8.42 Å². The number of rotatable bonds is 5. The summed E-state index contributed by atoms with van der Waals surface area (Å²) in [4.78, 5) is 28.9. The second-order valence-corrected chi connectivity index (χ2v) is 8.31. The van der Waals surface area contributed by atoms with Crippen molar-refractivity contribution in [1.82, 2.24) is 4.98 Å². The molecule has 7 nitrogen and oxygen atoms in total. The highest BCUT2D eigenvalue weighted by molar-refractivity contribution is 7.92. The highest BCUT2D eigenvalue weighted by Crippen LogP contribution is 2.24.